The van der Waals surface area contributed by atoms with Gasteiger partial charge in [-0.3, -0.25) is 4.72 Å². The predicted octanol–water partition coefficient (Wildman–Crippen LogP) is 2.41. The first kappa shape index (κ1) is 14.0. The lowest BCUT2D eigenvalue weighted by Crippen LogP contribution is -2.15. The van der Waals surface area contributed by atoms with Gasteiger partial charge in [0.05, 0.1) is 11.4 Å². The summed E-state index contributed by atoms with van der Waals surface area (Å²) < 4.78 is 26.6. The van der Waals surface area contributed by atoms with E-state index in [2.05, 4.69) is 10.0 Å². The molecule has 0 aliphatic heterocycles. The Morgan fingerprint density at radius 1 is 1.21 bits per heavy atom. The van der Waals surface area contributed by atoms with Crippen molar-refractivity contribution in [1.29, 1.82) is 0 Å². The third-order valence-corrected chi connectivity index (χ3v) is 4.47. The molecule has 2 rings (SSSR count). The number of anilines is 1. The second-order valence-electron chi connectivity index (χ2n) is 4.22. The number of sulfonamides is 1. The van der Waals surface area contributed by atoms with Crippen LogP contribution in [0.1, 0.15) is 11.1 Å². The number of hydrogen-bond acceptors (Lipinski definition) is 4. The van der Waals surface area contributed by atoms with E-state index in [0.29, 0.717) is 5.69 Å². The van der Waals surface area contributed by atoms with Crippen LogP contribution in [0.15, 0.2) is 41.1 Å². The smallest absolute Gasteiger partial charge is 0.236 e. The standard InChI is InChI=1S/C13H16N2O2S2/c1-14-8-11-3-2-4-12(7-11)10-19(16,17)15-13-5-6-18-9-13/h2-7,9,14-15H,8,10H2,1H3. The molecule has 2 N–H and O–H groups in total. The molecule has 2 aromatic rings. The number of thiophene rings is 1. The van der Waals surface area contributed by atoms with Crippen LogP contribution in [0.2, 0.25) is 0 Å². The molecule has 0 aliphatic carbocycles. The van der Waals surface area contributed by atoms with Crippen molar-refractivity contribution in [2.75, 3.05) is 11.8 Å². The quantitative estimate of drug-likeness (QED) is 0.860. The lowest BCUT2D eigenvalue weighted by atomic mass is 10.1. The van der Waals surface area contributed by atoms with Crippen molar-refractivity contribution >= 4 is 27.0 Å². The second-order valence-corrected chi connectivity index (χ2v) is 6.73. The molecule has 1 aromatic heterocycles. The Balaban J connectivity index is 2.09. The van der Waals surface area contributed by atoms with Crippen LogP contribution < -0.4 is 10.0 Å². The molecule has 102 valence electrons. The largest absolute Gasteiger partial charge is 0.316 e. The first-order valence-electron chi connectivity index (χ1n) is 5.84. The maximum absolute atomic E-state index is 12.0. The molecule has 0 aliphatic rings. The van der Waals surface area contributed by atoms with Crippen molar-refractivity contribution in [3.63, 3.8) is 0 Å². The van der Waals surface area contributed by atoms with Gasteiger partial charge in [0.1, 0.15) is 0 Å². The van der Waals surface area contributed by atoms with Crippen LogP contribution in [0, 0.1) is 0 Å². The monoisotopic (exact) mass is 296 g/mol. The van der Waals surface area contributed by atoms with E-state index < -0.39 is 10.0 Å². The van der Waals surface area contributed by atoms with Crippen LogP contribution in [0.4, 0.5) is 5.69 Å². The van der Waals surface area contributed by atoms with E-state index in [1.165, 1.54) is 11.3 Å². The zero-order chi connectivity index (χ0) is 13.7. The molecule has 1 aromatic carbocycles. The number of benzene rings is 1. The van der Waals surface area contributed by atoms with Gasteiger partial charge in [0.25, 0.3) is 0 Å². The molecular weight excluding hydrogens is 280 g/mol. The SMILES string of the molecule is CNCc1cccc(CS(=O)(=O)Nc2ccsc2)c1. The van der Waals surface area contributed by atoms with Gasteiger partial charge in [0.2, 0.25) is 10.0 Å². The van der Waals surface area contributed by atoms with E-state index >= 15 is 0 Å². The van der Waals surface area contributed by atoms with Gasteiger partial charge in [-0.1, -0.05) is 24.3 Å². The number of nitrogens with one attached hydrogen (secondary N) is 2. The fraction of sp³-hybridized carbons (Fsp3) is 0.231. The summed E-state index contributed by atoms with van der Waals surface area (Å²) in [5.74, 6) is -0.0135. The van der Waals surface area contributed by atoms with Gasteiger partial charge in [0.15, 0.2) is 0 Å². The minimum atomic E-state index is -3.35. The molecule has 0 fully saturated rings. The zero-order valence-corrected chi connectivity index (χ0v) is 12.2. The van der Waals surface area contributed by atoms with Gasteiger partial charge in [-0.25, -0.2) is 8.42 Å². The highest BCUT2D eigenvalue weighted by molar-refractivity contribution is 7.91. The summed E-state index contributed by atoms with van der Waals surface area (Å²) in [7, 11) is -1.49. The minimum Gasteiger partial charge on any atom is -0.316 e. The average Bonchev–Trinajstić information content (AvgIpc) is 2.81. The van der Waals surface area contributed by atoms with Gasteiger partial charge in [0, 0.05) is 11.9 Å². The minimum absolute atomic E-state index is 0.0135. The second kappa shape index (κ2) is 6.18. The summed E-state index contributed by atoms with van der Waals surface area (Å²) in [4.78, 5) is 0. The van der Waals surface area contributed by atoms with E-state index in [4.69, 9.17) is 0 Å². The van der Waals surface area contributed by atoms with Crippen molar-refractivity contribution in [3.8, 4) is 0 Å². The molecular formula is C13H16N2O2S2. The predicted molar refractivity (Wildman–Crippen MR) is 79.8 cm³/mol. The summed E-state index contributed by atoms with van der Waals surface area (Å²) in [5.41, 5.74) is 2.48. The number of hydrogen-bond donors (Lipinski definition) is 2. The van der Waals surface area contributed by atoms with Crippen LogP contribution in [-0.2, 0) is 22.3 Å². The number of rotatable bonds is 6. The Labute approximate surface area is 117 Å². The summed E-state index contributed by atoms with van der Waals surface area (Å²) in [5, 5.41) is 6.66. The molecule has 19 heavy (non-hydrogen) atoms. The highest BCUT2D eigenvalue weighted by atomic mass is 32.2. The van der Waals surface area contributed by atoms with Gasteiger partial charge in [-0.15, -0.1) is 0 Å². The van der Waals surface area contributed by atoms with E-state index in [9.17, 15) is 8.42 Å². The van der Waals surface area contributed by atoms with Gasteiger partial charge >= 0.3 is 0 Å². The van der Waals surface area contributed by atoms with Crippen molar-refractivity contribution < 1.29 is 8.42 Å². The van der Waals surface area contributed by atoms with Crippen molar-refractivity contribution in [3.05, 3.63) is 52.2 Å². The average molecular weight is 296 g/mol. The molecule has 0 spiro atoms. The molecule has 0 saturated heterocycles. The molecule has 0 bridgehead atoms. The van der Waals surface area contributed by atoms with Gasteiger partial charge < -0.3 is 5.32 Å². The third-order valence-electron chi connectivity index (χ3n) is 2.52. The molecule has 0 radical (unpaired) electrons. The highest BCUT2D eigenvalue weighted by Crippen LogP contribution is 2.16. The summed E-state index contributed by atoms with van der Waals surface area (Å²) >= 11 is 1.46. The van der Waals surface area contributed by atoms with Crippen molar-refractivity contribution in [1.82, 2.24) is 5.32 Å². The van der Waals surface area contributed by atoms with E-state index in [1.807, 2.05) is 36.7 Å². The Bertz CT molecular complexity index is 622. The Kier molecular flexibility index (Phi) is 4.57. The molecule has 1 heterocycles. The molecule has 0 amide bonds. The fourth-order valence-electron chi connectivity index (χ4n) is 1.79. The summed E-state index contributed by atoms with van der Waals surface area (Å²) in [6, 6.07) is 9.33. The van der Waals surface area contributed by atoms with Crippen LogP contribution in [-0.4, -0.2) is 15.5 Å². The topological polar surface area (TPSA) is 58.2 Å². The highest BCUT2D eigenvalue weighted by Gasteiger charge is 2.12. The van der Waals surface area contributed by atoms with Crippen molar-refractivity contribution in [2.45, 2.75) is 12.3 Å². The van der Waals surface area contributed by atoms with Gasteiger partial charge in [-0.05, 0) is 29.6 Å². The fourth-order valence-corrected chi connectivity index (χ4v) is 3.63. The van der Waals surface area contributed by atoms with E-state index in [0.717, 1.165) is 17.7 Å². The normalized spacial score (nSPS) is 11.4. The summed E-state index contributed by atoms with van der Waals surface area (Å²) in [6.45, 7) is 0.728. The van der Waals surface area contributed by atoms with Crippen LogP contribution in [0.25, 0.3) is 0 Å². The van der Waals surface area contributed by atoms with Gasteiger partial charge in [-0.2, -0.15) is 11.3 Å². The Morgan fingerprint density at radius 2 is 2.00 bits per heavy atom. The molecule has 0 unspecified atom stereocenters. The first-order chi connectivity index (χ1) is 9.09. The lowest BCUT2D eigenvalue weighted by molar-refractivity contribution is 0.600. The lowest BCUT2D eigenvalue weighted by Gasteiger charge is -2.08. The summed E-state index contributed by atoms with van der Waals surface area (Å²) in [6.07, 6.45) is 0. The molecule has 0 saturated carbocycles. The van der Waals surface area contributed by atoms with E-state index in [1.54, 1.807) is 11.4 Å². The Morgan fingerprint density at radius 3 is 2.68 bits per heavy atom. The van der Waals surface area contributed by atoms with Crippen LogP contribution in [0.5, 0.6) is 0 Å². The maximum atomic E-state index is 12.0. The Hall–Kier alpha value is -1.37. The zero-order valence-electron chi connectivity index (χ0n) is 10.6. The van der Waals surface area contributed by atoms with Crippen molar-refractivity contribution in [2.24, 2.45) is 0 Å². The molecule has 4 nitrogen and oxygen atoms in total. The van der Waals surface area contributed by atoms with E-state index in [-0.39, 0.29) is 5.75 Å². The van der Waals surface area contributed by atoms with Crippen LogP contribution >= 0.6 is 11.3 Å². The maximum Gasteiger partial charge on any atom is 0.236 e. The molecule has 6 heteroatoms. The van der Waals surface area contributed by atoms with Crippen LogP contribution in [0.3, 0.4) is 0 Å². The molecule has 0 atom stereocenters. The third kappa shape index (κ3) is 4.34. The first-order valence-corrected chi connectivity index (χ1v) is 8.44.